The van der Waals surface area contributed by atoms with Gasteiger partial charge < -0.3 is 20.3 Å². The number of rotatable bonds is 7. The lowest BCUT2D eigenvalue weighted by molar-refractivity contribution is -0.152. The van der Waals surface area contributed by atoms with Gasteiger partial charge in [0.25, 0.3) is 5.91 Å². The van der Waals surface area contributed by atoms with E-state index in [4.69, 9.17) is 4.74 Å². The molecule has 9 heteroatoms. The molecule has 1 aromatic carbocycles. The Hall–Kier alpha value is -2.55. The van der Waals surface area contributed by atoms with Crippen molar-refractivity contribution in [2.45, 2.75) is 11.3 Å². The van der Waals surface area contributed by atoms with Gasteiger partial charge in [-0.1, -0.05) is 6.07 Å². The Morgan fingerprint density at radius 1 is 1.31 bits per heavy atom. The smallest absolute Gasteiger partial charge is 0.311 e. The van der Waals surface area contributed by atoms with Crippen LogP contribution >= 0.6 is 11.8 Å². The Morgan fingerprint density at radius 2 is 2.08 bits per heavy atom. The maximum Gasteiger partial charge on any atom is 0.311 e. The van der Waals surface area contributed by atoms with Crippen LogP contribution in [0.3, 0.4) is 0 Å². The molecule has 1 saturated heterocycles. The van der Waals surface area contributed by atoms with E-state index in [1.54, 1.807) is 16.7 Å². The van der Waals surface area contributed by atoms with Crippen molar-refractivity contribution in [2.75, 3.05) is 37.9 Å². The summed E-state index contributed by atoms with van der Waals surface area (Å²) in [5, 5.41) is 4.68. The van der Waals surface area contributed by atoms with Crippen molar-refractivity contribution in [3.05, 3.63) is 24.3 Å². The molecule has 0 spiro atoms. The molecule has 0 bridgehead atoms. The number of hydrogen-bond donors (Lipinski definition) is 2. The molecule has 0 radical (unpaired) electrons. The van der Waals surface area contributed by atoms with Crippen LogP contribution in [-0.2, 0) is 23.9 Å². The number of carbonyl (C=O) groups is 4. The number of esters is 1. The molecule has 140 valence electrons. The van der Waals surface area contributed by atoms with E-state index in [-0.39, 0.29) is 31.3 Å². The fourth-order valence-electron chi connectivity index (χ4n) is 2.47. The monoisotopic (exact) mass is 379 g/mol. The lowest BCUT2D eigenvalue weighted by Crippen LogP contribution is -2.37. The van der Waals surface area contributed by atoms with Gasteiger partial charge in [0.2, 0.25) is 11.8 Å². The SMILES string of the molecule is CNC(=O)CNC(=O)COC(=O)[C@@H]1CC(=O)N(c2cccc(SC)c2)C1. The molecule has 1 aromatic rings. The molecular weight excluding hydrogens is 358 g/mol. The molecular formula is C17H21N3O5S. The van der Waals surface area contributed by atoms with Crippen LogP contribution in [0, 0.1) is 5.92 Å². The number of thioether (sulfide) groups is 1. The Morgan fingerprint density at radius 3 is 2.77 bits per heavy atom. The molecule has 0 aromatic heterocycles. The van der Waals surface area contributed by atoms with E-state index in [9.17, 15) is 19.2 Å². The van der Waals surface area contributed by atoms with E-state index in [1.807, 2.05) is 30.5 Å². The third-order valence-corrected chi connectivity index (χ3v) is 4.62. The minimum Gasteiger partial charge on any atom is -0.455 e. The first-order chi connectivity index (χ1) is 12.4. The minimum absolute atomic E-state index is 0.0438. The summed E-state index contributed by atoms with van der Waals surface area (Å²) in [5.74, 6) is -2.30. The number of carbonyl (C=O) groups excluding carboxylic acids is 4. The number of nitrogens with one attached hydrogen (secondary N) is 2. The van der Waals surface area contributed by atoms with Gasteiger partial charge in [-0.15, -0.1) is 11.8 Å². The molecule has 26 heavy (non-hydrogen) atoms. The zero-order chi connectivity index (χ0) is 19.1. The summed E-state index contributed by atoms with van der Waals surface area (Å²) in [6.07, 6.45) is 1.99. The summed E-state index contributed by atoms with van der Waals surface area (Å²) < 4.78 is 4.97. The van der Waals surface area contributed by atoms with Crippen molar-refractivity contribution in [3.8, 4) is 0 Å². The van der Waals surface area contributed by atoms with Crippen LogP contribution in [0.1, 0.15) is 6.42 Å². The molecule has 1 aliphatic rings. The lowest BCUT2D eigenvalue weighted by atomic mass is 10.1. The predicted molar refractivity (Wildman–Crippen MR) is 96.7 cm³/mol. The number of hydrogen-bond acceptors (Lipinski definition) is 6. The summed E-state index contributed by atoms with van der Waals surface area (Å²) in [4.78, 5) is 49.5. The first kappa shape index (κ1) is 19.8. The predicted octanol–water partition coefficient (Wildman–Crippen LogP) is 0.167. The highest BCUT2D eigenvalue weighted by atomic mass is 32.2. The van der Waals surface area contributed by atoms with Crippen molar-refractivity contribution < 1.29 is 23.9 Å². The maximum absolute atomic E-state index is 12.2. The zero-order valence-corrected chi connectivity index (χ0v) is 15.4. The van der Waals surface area contributed by atoms with Crippen LogP contribution in [0.4, 0.5) is 5.69 Å². The quantitative estimate of drug-likeness (QED) is 0.517. The van der Waals surface area contributed by atoms with Crippen LogP contribution in [0.15, 0.2) is 29.2 Å². The molecule has 0 saturated carbocycles. The number of amides is 3. The Bertz CT molecular complexity index is 709. The average molecular weight is 379 g/mol. The van der Waals surface area contributed by atoms with Crippen molar-refractivity contribution >= 4 is 41.1 Å². The van der Waals surface area contributed by atoms with Crippen molar-refractivity contribution in [1.82, 2.24) is 10.6 Å². The summed E-state index contributed by atoms with van der Waals surface area (Å²) in [7, 11) is 1.45. The lowest BCUT2D eigenvalue weighted by Gasteiger charge is -2.17. The molecule has 0 aliphatic carbocycles. The Balaban J connectivity index is 1.86. The fraction of sp³-hybridized carbons (Fsp3) is 0.412. The topological polar surface area (TPSA) is 105 Å². The van der Waals surface area contributed by atoms with Gasteiger partial charge in [0.1, 0.15) is 0 Å². The molecule has 1 atom stereocenters. The highest BCUT2D eigenvalue weighted by molar-refractivity contribution is 7.98. The second-order valence-corrected chi connectivity index (χ2v) is 6.54. The molecule has 3 amide bonds. The largest absolute Gasteiger partial charge is 0.455 e. The van der Waals surface area contributed by atoms with Gasteiger partial charge in [0.05, 0.1) is 12.5 Å². The molecule has 0 unspecified atom stereocenters. The number of benzene rings is 1. The van der Waals surface area contributed by atoms with Gasteiger partial charge in [-0.3, -0.25) is 19.2 Å². The van der Waals surface area contributed by atoms with Gasteiger partial charge in [-0.2, -0.15) is 0 Å². The third kappa shape index (κ3) is 5.22. The van der Waals surface area contributed by atoms with E-state index in [0.717, 1.165) is 10.6 Å². The van der Waals surface area contributed by atoms with Crippen LogP contribution in [0.2, 0.25) is 0 Å². The van der Waals surface area contributed by atoms with Crippen LogP contribution < -0.4 is 15.5 Å². The van der Waals surface area contributed by atoms with E-state index in [2.05, 4.69) is 10.6 Å². The van der Waals surface area contributed by atoms with Crippen LogP contribution in [0.5, 0.6) is 0 Å². The second-order valence-electron chi connectivity index (χ2n) is 5.66. The van der Waals surface area contributed by atoms with Crippen molar-refractivity contribution in [1.29, 1.82) is 0 Å². The van der Waals surface area contributed by atoms with Crippen molar-refractivity contribution in [3.63, 3.8) is 0 Å². The minimum atomic E-state index is -0.618. The van der Waals surface area contributed by atoms with Gasteiger partial charge >= 0.3 is 5.97 Å². The average Bonchev–Trinajstić information content (AvgIpc) is 3.05. The molecule has 8 nitrogen and oxygen atoms in total. The van der Waals surface area contributed by atoms with E-state index in [1.165, 1.54) is 7.05 Å². The standard InChI is InChI=1S/C17H21N3O5S/c1-18-14(21)8-19-15(22)10-25-17(24)11-6-16(23)20(9-11)12-4-3-5-13(7-12)26-2/h3-5,7,11H,6,8-10H2,1-2H3,(H,18,21)(H,19,22)/t11-/m1/s1. The molecule has 1 fully saturated rings. The zero-order valence-electron chi connectivity index (χ0n) is 14.6. The highest BCUT2D eigenvalue weighted by Crippen LogP contribution is 2.28. The number of ether oxygens (including phenoxy) is 1. The van der Waals surface area contributed by atoms with E-state index >= 15 is 0 Å². The number of likely N-dealkylation sites (N-methyl/N-ethyl adjacent to an activating group) is 1. The van der Waals surface area contributed by atoms with Gasteiger partial charge in [-0.05, 0) is 24.5 Å². The first-order valence-corrected chi connectivity index (χ1v) is 9.25. The summed E-state index contributed by atoms with van der Waals surface area (Å²) >= 11 is 1.57. The van der Waals surface area contributed by atoms with Gasteiger partial charge in [-0.25, -0.2) is 0 Å². The normalized spacial score (nSPS) is 16.3. The Kier molecular flexibility index (Phi) is 7.02. The number of nitrogens with zero attached hydrogens (tertiary/aromatic N) is 1. The van der Waals surface area contributed by atoms with E-state index < -0.39 is 24.4 Å². The fourth-order valence-corrected chi connectivity index (χ4v) is 2.92. The molecule has 1 heterocycles. The second kappa shape index (κ2) is 9.23. The van der Waals surface area contributed by atoms with E-state index in [0.29, 0.717) is 0 Å². The van der Waals surface area contributed by atoms with Crippen LogP contribution in [0.25, 0.3) is 0 Å². The molecule has 1 aliphatic heterocycles. The summed E-state index contributed by atoms with van der Waals surface area (Å²) in [6.45, 7) is -0.452. The van der Waals surface area contributed by atoms with Crippen molar-refractivity contribution in [2.24, 2.45) is 5.92 Å². The summed E-state index contributed by atoms with van der Waals surface area (Å²) in [5.41, 5.74) is 0.737. The number of anilines is 1. The van der Waals surface area contributed by atoms with Gasteiger partial charge in [0.15, 0.2) is 6.61 Å². The third-order valence-electron chi connectivity index (χ3n) is 3.89. The first-order valence-electron chi connectivity index (χ1n) is 8.03. The maximum atomic E-state index is 12.2. The van der Waals surface area contributed by atoms with Crippen LogP contribution in [-0.4, -0.2) is 56.7 Å². The molecule has 2 rings (SSSR count). The summed E-state index contributed by atoms with van der Waals surface area (Å²) in [6, 6.07) is 7.51. The molecule has 2 N–H and O–H groups in total. The highest BCUT2D eigenvalue weighted by Gasteiger charge is 2.36. The Labute approximate surface area is 155 Å². The van der Waals surface area contributed by atoms with Gasteiger partial charge in [0, 0.05) is 30.6 Å².